The molecule has 0 aromatic rings. The summed E-state index contributed by atoms with van der Waals surface area (Å²) in [5.41, 5.74) is 8.04. The molecule has 8 heteroatoms. The molecule has 4 N–H and O–H groups in total. The molecule has 0 heterocycles. The van der Waals surface area contributed by atoms with Gasteiger partial charge in [0.2, 0.25) is 0 Å². The van der Waals surface area contributed by atoms with Crippen molar-refractivity contribution in [1.29, 1.82) is 0 Å². The molecule has 86 valence electrons. The lowest BCUT2D eigenvalue weighted by Gasteiger charge is -2.25. The van der Waals surface area contributed by atoms with E-state index in [1.807, 2.05) is 0 Å². The molecular formula is C7H13N3O5. The molecule has 0 aliphatic heterocycles. The smallest absolute Gasteiger partial charge is 0.148 e. The van der Waals surface area contributed by atoms with Crippen molar-refractivity contribution < 1.29 is 25.2 Å². The average molecular weight is 219 g/mol. The van der Waals surface area contributed by atoms with Crippen LogP contribution in [0, 0.1) is 5.92 Å². The molecule has 0 saturated heterocycles. The Labute approximate surface area is 85.4 Å². The van der Waals surface area contributed by atoms with Crippen molar-refractivity contribution in [3.63, 3.8) is 0 Å². The van der Waals surface area contributed by atoms with Crippen LogP contribution in [0.15, 0.2) is 5.11 Å². The van der Waals surface area contributed by atoms with E-state index in [0.29, 0.717) is 0 Å². The second kappa shape index (κ2) is 7.16. The van der Waals surface area contributed by atoms with Gasteiger partial charge in [0.1, 0.15) is 18.5 Å². The third kappa shape index (κ3) is 4.24. The Morgan fingerprint density at radius 2 is 2.00 bits per heavy atom. The third-order valence-electron chi connectivity index (χ3n) is 1.95. The molecule has 8 nitrogen and oxygen atoms in total. The van der Waals surface area contributed by atoms with Gasteiger partial charge in [-0.3, -0.25) is 0 Å². The molecule has 0 aliphatic rings. The number of aliphatic hydroxyl groups excluding tert-OH is 4. The van der Waals surface area contributed by atoms with Crippen LogP contribution in [0.5, 0.6) is 0 Å². The number of carbonyl (C=O) groups is 1. The zero-order valence-electron chi connectivity index (χ0n) is 7.84. The predicted molar refractivity (Wildman–Crippen MR) is 48.7 cm³/mol. The lowest BCUT2D eigenvalue weighted by molar-refractivity contribution is -0.123. The van der Waals surface area contributed by atoms with Gasteiger partial charge in [-0.1, -0.05) is 5.11 Å². The van der Waals surface area contributed by atoms with E-state index in [1.165, 1.54) is 0 Å². The molecule has 0 spiro atoms. The van der Waals surface area contributed by atoms with Crippen molar-refractivity contribution in [2.45, 2.75) is 18.3 Å². The molecule has 0 radical (unpaired) electrons. The van der Waals surface area contributed by atoms with Crippen LogP contribution >= 0.6 is 0 Å². The second-order valence-electron chi connectivity index (χ2n) is 2.94. The van der Waals surface area contributed by atoms with Gasteiger partial charge in [0.15, 0.2) is 0 Å². The van der Waals surface area contributed by atoms with Gasteiger partial charge in [-0.2, -0.15) is 0 Å². The summed E-state index contributed by atoms with van der Waals surface area (Å²) >= 11 is 0. The van der Waals surface area contributed by atoms with Crippen LogP contribution in [-0.2, 0) is 4.79 Å². The number of hydrogen-bond donors (Lipinski definition) is 4. The van der Waals surface area contributed by atoms with Gasteiger partial charge in [0, 0.05) is 17.4 Å². The van der Waals surface area contributed by atoms with E-state index in [0.717, 1.165) is 0 Å². The largest absolute Gasteiger partial charge is 0.394 e. The second-order valence-corrected chi connectivity index (χ2v) is 2.94. The van der Waals surface area contributed by atoms with Gasteiger partial charge < -0.3 is 25.2 Å². The Hall–Kier alpha value is -1.18. The van der Waals surface area contributed by atoms with Crippen LogP contribution in [0.2, 0.25) is 0 Å². The molecule has 0 saturated carbocycles. The number of carbonyl (C=O) groups excluding carboxylic acids is 1. The molecule has 0 amide bonds. The van der Waals surface area contributed by atoms with Gasteiger partial charge >= 0.3 is 0 Å². The fraction of sp³-hybridized carbons (Fsp3) is 0.857. The van der Waals surface area contributed by atoms with Gasteiger partial charge in [0.05, 0.1) is 12.7 Å². The summed E-state index contributed by atoms with van der Waals surface area (Å²) in [6, 6.07) is 0. The number of hydrogen-bond acceptors (Lipinski definition) is 6. The summed E-state index contributed by atoms with van der Waals surface area (Å²) < 4.78 is 0. The average Bonchev–Trinajstić information content (AvgIpc) is 2.27. The summed E-state index contributed by atoms with van der Waals surface area (Å²) in [6.07, 6.45) is -4.45. The van der Waals surface area contributed by atoms with E-state index in [1.54, 1.807) is 0 Å². The minimum absolute atomic E-state index is 0.158. The zero-order chi connectivity index (χ0) is 11.8. The third-order valence-corrected chi connectivity index (χ3v) is 1.95. The summed E-state index contributed by atoms with van der Waals surface area (Å²) in [5, 5.41) is 39.3. The molecule has 0 aromatic carbocycles. The fourth-order valence-electron chi connectivity index (χ4n) is 1.04. The van der Waals surface area contributed by atoms with Crippen molar-refractivity contribution in [3.8, 4) is 0 Å². The Kier molecular flexibility index (Phi) is 6.59. The molecule has 0 aromatic heterocycles. The fourth-order valence-corrected chi connectivity index (χ4v) is 1.04. The van der Waals surface area contributed by atoms with Crippen LogP contribution in [0.1, 0.15) is 0 Å². The van der Waals surface area contributed by atoms with Crippen molar-refractivity contribution in [2.75, 3.05) is 13.2 Å². The Balaban J connectivity index is 4.59. The van der Waals surface area contributed by atoms with E-state index in [9.17, 15) is 9.90 Å². The maximum absolute atomic E-state index is 10.3. The number of aldehydes is 1. The molecule has 15 heavy (non-hydrogen) atoms. The summed E-state index contributed by atoms with van der Waals surface area (Å²) in [4.78, 5) is 12.7. The first-order chi connectivity index (χ1) is 7.08. The quantitative estimate of drug-likeness (QED) is 0.172. The molecular weight excluding hydrogens is 206 g/mol. The normalized spacial score (nSPS) is 18.4. The zero-order valence-corrected chi connectivity index (χ0v) is 7.84. The molecule has 0 rings (SSSR count). The molecule has 0 aliphatic carbocycles. The van der Waals surface area contributed by atoms with E-state index in [-0.39, 0.29) is 12.8 Å². The van der Waals surface area contributed by atoms with Gasteiger partial charge in [-0.05, 0) is 5.53 Å². The van der Waals surface area contributed by atoms with Crippen LogP contribution in [0.3, 0.4) is 0 Å². The van der Waals surface area contributed by atoms with Crippen molar-refractivity contribution in [2.24, 2.45) is 11.0 Å². The van der Waals surface area contributed by atoms with Crippen molar-refractivity contribution in [1.82, 2.24) is 0 Å². The highest BCUT2D eigenvalue weighted by Crippen LogP contribution is 2.13. The maximum Gasteiger partial charge on any atom is 0.148 e. The van der Waals surface area contributed by atoms with E-state index < -0.39 is 30.8 Å². The van der Waals surface area contributed by atoms with Crippen LogP contribution in [0.4, 0.5) is 0 Å². The number of rotatable bonds is 7. The predicted octanol–water partition coefficient (Wildman–Crippen LogP) is -1.81. The Morgan fingerprint density at radius 3 is 2.40 bits per heavy atom. The van der Waals surface area contributed by atoms with Crippen molar-refractivity contribution in [3.05, 3.63) is 10.4 Å². The maximum atomic E-state index is 10.3. The molecule has 0 unspecified atom stereocenters. The monoisotopic (exact) mass is 219 g/mol. The van der Waals surface area contributed by atoms with Gasteiger partial charge in [-0.25, -0.2) is 0 Å². The van der Waals surface area contributed by atoms with E-state index >= 15 is 0 Å². The minimum atomic E-state index is -1.56. The van der Waals surface area contributed by atoms with Crippen LogP contribution in [-0.4, -0.2) is 58.2 Å². The minimum Gasteiger partial charge on any atom is -0.394 e. The van der Waals surface area contributed by atoms with Crippen LogP contribution in [0.25, 0.3) is 10.4 Å². The van der Waals surface area contributed by atoms with E-state index in [4.69, 9.17) is 20.9 Å². The lowest BCUT2D eigenvalue weighted by Crippen LogP contribution is -2.43. The first kappa shape index (κ1) is 13.8. The summed E-state index contributed by atoms with van der Waals surface area (Å²) in [5.74, 6) is -1.14. The number of azide groups is 1. The highest BCUT2D eigenvalue weighted by atomic mass is 16.4. The topological polar surface area (TPSA) is 147 Å². The highest BCUT2D eigenvalue weighted by Gasteiger charge is 2.30. The van der Waals surface area contributed by atoms with Crippen molar-refractivity contribution >= 4 is 6.29 Å². The molecule has 0 fully saturated rings. The first-order valence-corrected chi connectivity index (χ1v) is 4.19. The van der Waals surface area contributed by atoms with Gasteiger partial charge in [-0.15, -0.1) is 0 Å². The number of nitrogens with zero attached hydrogens (tertiary/aromatic N) is 3. The number of aliphatic hydroxyl groups is 4. The highest BCUT2D eigenvalue weighted by molar-refractivity contribution is 5.56. The Morgan fingerprint density at radius 1 is 1.40 bits per heavy atom. The Bertz CT molecular complexity index is 243. The van der Waals surface area contributed by atoms with Crippen LogP contribution < -0.4 is 0 Å². The summed E-state index contributed by atoms with van der Waals surface area (Å²) in [7, 11) is 0. The standard InChI is InChI=1S/C7H13N3O5/c8-10-9-1-4(5(13)2-11)7(15)6(14)3-12/h2,4-7,12-15H,1,3H2/t4-,5-,6+,7-/m0/s1. The molecule has 0 bridgehead atoms. The lowest BCUT2D eigenvalue weighted by atomic mass is 9.93. The molecule has 4 atom stereocenters. The van der Waals surface area contributed by atoms with E-state index in [2.05, 4.69) is 10.0 Å². The summed E-state index contributed by atoms with van der Waals surface area (Å²) in [6.45, 7) is -1.08. The van der Waals surface area contributed by atoms with Gasteiger partial charge in [0.25, 0.3) is 0 Å². The first-order valence-electron chi connectivity index (χ1n) is 4.19. The SMILES string of the molecule is [N-]=[N+]=NC[C@H]([C@H](O)[C@H](O)CO)[C@@H](O)C=O.